The van der Waals surface area contributed by atoms with Gasteiger partial charge in [0.05, 0.1) is 20.8 Å². The van der Waals surface area contributed by atoms with Gasteiger partial charge >= 0.3 is 0 Å². The van der Waals surface area contributed by atoms with Crippen LogP contribution >= 0.6 is 0 Å². The molecule has 5 aliphatic rings. The smallest absolute Gasteiger partial charge is 0.0833 e. The van der Waals surface area contributed by atoms with Gasteiger partial charge in [-0.1, -0.05) is 170 Å². The Balaban J connectivity index is 1.60. The minimum Gasteiger partial charge on any atom is -0.634 e. The molecule has 263 valence electrons. The van der Waals surface area contributed by atoms with Crippen LogP contribution in [0.1, 0.15) is 83.5 Å². The second-order valence-corrected chi connectivity index (χ2v) is 80.6. The maximum atomic E-state index is 8.90. The molecule has 5 saturated heterocycles. The van der Waals surface area contributed by atoms with Crippen LogP contribution in [-0.4, -0.2) is 49.5 Å². The Labute approximate surface area is 321 Å². The molecule has 4 bridgehead atoms. The van der Waals surface area contributed by atoms with Gasteiger partial charge in [0.25, 0.3) is 0 Å². The SMILES string of the molecule is [B-][Si]12[Si]3[Si](c4c(C)cc(C)cc4C)(c4c(C)cc(C)cc4C)[Si]1[Si]3(c1c(C)cc(C)cc1C)[Si]2(c1c(C)cc(C)cc1C)c1c(C)cc(C)cc1C. The normalized spacial score (nSPS) is 22.5. The molecule has 5 fully saturated rings. The van der Waals surface area contributed by atoms with E-state index in [9.17, 15) is 0 Å². The van der Waals surface area contributed by atoms with E-state index >= 15 is 0 Å². The van der Waals surface area contributed by atoms with E-state index in [2.05, 4.69) is 165 Å². The van der Waals surface area contributed by atoms with Crippen LogP contribution < -0.4 is 25.9 Å². The largest absolute Gasteiger partial charge is 0.634 e. The first-order chi connectivity index (χ1) is 24.3. The van der Waals surface area contributed by atoms with Crippen molar-refractivity contribution < 1.29 is 0 Å². The van der Waals surface area contributed by atoms with Gasteiger partial charge < -0.3 is 7.44 Å². The van der Waals surface area contributed by atoms with Gasteiger partial charge in [-0.15, -0.1) is 0 Å². The molecule has 0 atom stereocenters. The summed E-state index contributed by atoms with van der Waals surface area (Å²) in [6.07, 6.45) is 0. The van der Waals surface area contributed by atoms with Crippen LogP contribution in [0.2, 0.25) is 0 Å². The van der Waals surface area contributed by atoms with Gasteiger partial charge in [0.2, 0.25) is 0 Å². The molecule has 0 aliphatic carbocycles. The number of hydrogen-bond acceptors (Lipinski definition) is 0. The highest BCUT2D eigenvalue weighted by atomic mass is 30.9. The fourth-order valence-corrected chi connectivity index (χ4v) is 380. The van der Waals surface area contributed by atoms with Crippen molar-refractivity contribution in [3.63, 3.8) is 0 Å². The van der Waals surface area contributed by atoms with Crippen molar-refractivity contribution in [2.75, 3.05) is 0 Å². The predicted molar refractivity (Wildman–Crippen MR) is 242 cm³/mol. The van der Waals surface area contributed by atoms with Gasteiger partial charge in [-0.25, -0.2) is 6.50 Å². The van der Waals surface area contributed by atoms with E-state index in [4.69, 9.17) is 7.44 Å². The van der Waals surface area contributed by atoms with E-state index in [1.165, 1.54) is 27.8 Å². The van der Waals surface area contributed by atoms with Crippen molar-refractivity contribution in [3.8, 4) is 0 Å². The summed E-state index contributed by atoms with van der Waals surface area (Å²) in [5.41, 5.74) is 22.7. The number of rotatable bonds is 5. The van der Waals surface area contributed by atoms with Crippen molar-refractivity contribution in [2.24, 2.45) is 0 Å². The molecule has 5 aromatic carbocycles. The first-order valence-electron chi connectivity index (χ1n) is 19.3. The van der Waals surface area contributed by atoms with Gasteiger partial charge in [-0.05, 0) is 119 Å². The van der Waals surface area contributed by atoms with E-state index < -0.39 is 42.0 Å². The summed E-state index contributed by atoms with van der Waals surface area (Å²) in [5.74, 6) is 0. The van der Waals surface area contributed by atoms with Crippen LogP contribution in [0.3, 0.4) is 0 Å². The molecule has 0 nitrogen and oxygen atoms in total. The summed E-state index contributed by atoms with van der Waals surface area (Å²) in [6.45, 7) is 32.0. The second-order valence-electron chi connectivity index (χ2n) is 17.7. The van der Waals surface area contributed by atoms with Crippen LogP contribution in [0.25, 0.3) is 0 Å². The Morgan fingerprint density at radius 1 is 0.327 bits per heavy atom. The summed E-state index contributed by atoms with van der Waals surface area (Å²) in [7, 11) is 2.57. The van der Waals surface area contributed by atoms with E-state index in [0.717, 1.165) is 0 Å². The van der Waals surface area contributed by atoms with Crippen LogP contribution in [0.5, 0.6) is 0 Å². The van der Waals surface area contributed by atoms with E-state index in [0.29, 0.717) is 0 Å². The fourth-order valence-electron chi connectivity index (χ4n) is 13.7. The fraction of sp³-hybridized carbons (Fsp3) is 0.333. The van der Waals surface area contributed by atoms with Crippen molar-refractivity contribution in [3.05, 3.63) is 144 Å². The molecule has 0 unspecified atom stereocenters. The van der Waals surface area contributed by atoms with E-state index in [-0.39, 0.29) is 0 Å². The van der Waals surface area contributed by atoms with Crippen molar-refractivity contribution in [1.29, 1.82) is 0 Å². The summed E-state index contributed by atoms with van der Waals surface area (Å²) in [4.78, 5) is 0. The zero-order valence-electron chi connectivity index (χ0n) is 34.4. The summed E-state index contributed by atoms with van der Waals surface area (Å²) < 4.78 is 0. The molecular formula is C45H55BSi6-. The van der Waals surface area contributed by atoms with E-state index in [1.54, 1.807) is 66.0 Å². The van der Waals surface area contributed by atoms with E-state index in [1.807, 2.05) is 15.6 Å². The molecule has 0 saturated carbocycles. The quantitative estimate of drug-likeness (QED) is 0.185. The summed E-state index contributed by atoms with van der Waals surface area (Å²) in [5, 5.41) is 9.18. The molecule has 0 amide bonds. The van der Waals surface area contributed by atoms with Crippen molar-refractivity contribution in [1.82, 2.24) is 0 Å². The molecule has 5 aromatic rings. The van der Waals surface area contributed by atoms with Crippen LogP contribution in [0.4, 0.5) is 0 Å². The lowest BCUT2D eigenvalue weighted by atomic mass is 10.1. The first-order valence-corrected chi connectivity index (χ1v) is 38.4. The first kappa shape index (κ1) is 36.4. The molecule has 5 aliphatic heterocycles. The lowest BCUT2D eigenvalue weighted by Crippen LogP contribution is -3.45. The molecule has 52 heavy (non-hydrogen) atoms. The molecule has 5 radical (unpaired) electrons. The lowest BCUT2D eigenvalue weighted by Gasteiger charge is -3.10. The molecule has 7 heteroatoms. The maximum absolute atomic E-state index is 8.90. The highest BCUT2D eigenvalue weighted by Gasteiger charge is 3.06. The summed E-state index contributed by atoms with van der Waals surface area (Å²) >= 11 is 0. The molecule has 10 rings (SSSR count). The van der Waals surface area contributed by atoms with Gasteiger partial charge in [0.1, 0.15) is 0 Å². The zero-order valence-corrected chi connectivity index (χ0v) is 40.4. The average molecular weight is 775 g/mol. The lowest BCUT2D eigenvalue weighted by molar-refractivity contribution is 1.33. The molecule has 0 N–H and O–H groups in total. The Hall–Kier alpha value is -2.53. The number of benzene rings is 5. The topological polar surface area (TPSA) is 0 Å². The minimum absolute atomic E-state index is 0.898. The van der Waals surface area contributed by atoms with Crippen molar-refractivity contribution >= 4 is 75.4 Å². The molecule has 0 spiro atoms. The molecular weight excluding hydrogens is 720 g/mol. The third-order valence-electron chi connectivity index (χ3n) is 13.7. The van der Waals surface area contributed by atoms with Gasteiger partial charge in [0.15, 0.2) is 0 Å². The third kappa shape index (κ3) is 3.93. The number of hydrogen-bond donors (Lipinski definition) is 0. The van der Waals surface area contributed by atoms with Crippen LogP contribution in [-0.2, 0) is 0 Å². The average Bonchev–Trinajstić information content (AvgIpc) is 2.96. The highest BCUT2D eigenvalue weighted by Crippen LogP contribution is 2.71. The van der Waals surface area contributed by atoms with Crippen LogP contribution in [0, 0.1) is 104 Å². The predicted octanol–water partition coefficient (Wildman–Crippen LogP) is 6.27. The molecule has 0 aromatic heterocycles. The highest BCUT2D eigenvalue weighted by molar-refractivity contribution is 8.71. The second kappa shape index (κ2) is 11.5. The van der Waals surface area contributed by atoms with Gasteiger partial charge in [0, 0.05) is 0 Å². The zero-order chi connectivity index (χ0) is 37.8. The Bertz CT molecular complexity index is 2180. The monoisotopic (exact) mass is 774 g/mol. The number of aryl methyl sites for hydroxylation is 15. The Kier molecular flexibility index (Phi) is 8.06. The maximum Gasteiger partial charge on any atom is 0.0833 e. The standard InChI is InChI=1S/C45H55BSi6/c1-26-16-31(6)41(32(7)17-26)49(42-33(8)18-27(2)19-34(42)9)47-51(45-39(14)24-30(5)25-40(45)15)48(49)52(47,46)50(51,43-35(10)20-28(3)21-36(43)11)44-37(12)22-29(4)23-38(44)13/h16-25H,1-15H3/q-1. The summed E-state index contributed by atoms with van der Waals surface area (Å²) in [6, 6.07) is 25.5. The van der Waals surface area contributed by atoms with Crippen molar-refractivity contribution in [2.45, 2.75) is 104 Å². The third-order valence-corrected chi connectivity index (χ3v) is 195. The Morgan fingerprint density at radius 3 is 0.788 bits per heavy atom. The minimum atomic E-state index is -2.40. The molecule has 5 heterocycles. The Morgan fingerprint density at radius 2 is 0.538 bits per heavy atom. The van der Waals surface area contributed by atoms with Gasteiger partial charge in [-0.3, -0.25) is 0 Å². The van der Waals surface area contributed by atoms with Crippen LogP contribution in [0.15, 0.2) is 60.7 Å². The van der Waals surface area contributed by atoms with Gasteiger partial charge in [-0.2, -0.15) is 0 Å².